The van der Waals surface area contributed by atoms with Crippen LogP contribution < -0.4 is 9.47 Å². The summed E-state index contributed by atoms with van der Waals surface area (Å²) in [6.45, 7) is 3.44. The summed E-state index contributed by atoms with van der Waals surface area (Å²) < 4.78 is 17.4. The Morgan fingerprint density at radius 3 is 1.48 bits per heavy atom. The van der Waals surface area contributed by atoms with E-state index in [1.165, 1.54) is 16.5 Å². The Morgan fingerprint density at radius 1 is 0.623 bits per heavy atom. The van der Waals surface area contributed by atoms with Gasteiger partial charge in [-0.25, -0.2) is 9.59 Å². The molecule has 8 rings (SSSR count). The molecule has 2 aromatic heterocycles. The first-order chi connectivity index (χ1) is 28.4. The maximum Gasteiger partial charge on any atom is 0.352 e. The first kappa shape index (κ1) is 45.9. The van der Waals surface area contributed by atoms with Crippen molar-refractivity contribution in [1.82, 2.24) is 30.0 Å². The lowest BCUT2D eigenvalue weighted by molar-refractivity contribution is -0.154. The molecular weight excluding hydrogens is 862 g/mol. The van der Waals surface area contributed by atoms with Crippen LogP contribution in [0, 0.1) is 0 Å². The van der Waals surface area contributed by atoms with E-state index in [1.807, 2.05) is 48.5 Å². The Balaban J connectivity index is 0.000000224. The summed E-state index contributed by atoms with van der Waals surface area (Å²) in [7, 11) is 0. The number of carbonyl (C=O) groups is 2. The molecule has 0 saturated heterocycles. The van der Waals surface area contributed by atoms with E-state index in [0.717, 1.165) is 11.0 Å². The molecule has 2 atom stereocenters. The quantitative estimate of drug-likeness (QED) is 0.125. The lowest BCUT2D eigenvalue weighted by atomic mass is 9.96. The number of carboxylic acids is 1. The number of nitrogens with zero attached hydrogens (tertiary/aromatic N) is 6. The summed E-state index contributed by atoms with van der Waals surface area (Å²) in [4.78, 5) is 27.6. The van der Waals surface area contributed by atoms with E-state index >= 15 is 0 Å². The highest BCUT2D eigenvalue weighted by Crippen LogP contribution is 2.35. The van der Waals surface area contributed by atoms with Gasteiger partial charge in [0.2, 0.25) is 11.7 Å². The zero-order valence-electron chi connectivity index (χ0n) is 31.2. The van der Waals surface area contributed by atoms with Crippen LogP contribution in [0.4, 0.5) is 0 Å². The fourth-order valence-corrected chi connectivity index (χ4v) is 6.45. The van der Waals surface area contributed by atoms with Gasteiger partial charge in [-0.05, 0) is 98.8 Å². The standard InChI is InChI=1S/C22H17Cl2N3O3.C21H15Cl2N3O3.2CH4/c1-2-29-22(28)21(14-7-9-15(23)10-8-14)30-20-12-11-16(24)13-19(20)27-25-17-5-3-4-6-18(17)26-27;1-21(20(27)28,13-6-8-14(22)9-7-13)29-19-11-10-15(23)12-18(19)26-24-16-4-2-3-5-17(16)25-26;;/h3-13,21H,2H2,1H3;2-12H,1H3,(H,27,28);2*1H4. The molecule has 0 aliphatic heterocycles. The molecule has 0 aliphatic rings. The van der Waals surface area contributed by atoms with Crippen molar-refractivity contribution in [1.29, 1.82) is 0 Å². The number of carboxylic acid groups (broad SMARTS) is 1. The van der Waals surface area contributed by atoms with Gasteiger partial charge in [-0.2, -0.15) is 0 Å². The number of carbonyl (C=O) groups excluding carboxylic acids is 1. The summed E-state index contributed by atoms with van der Waals surface area (Å²) in [5.74, 6) is -1.01. The fraction of sp³-hybridized carbons (Fsp3) is 0.156. The van der Waals surface area contributed by atoms with E-state index in [4.69, 9.17) is 60.6 Å². The second kappa shape index (κ2) is 19.9. The van der Waals surface area contributed by atoms with Crippen LogP contribution in [-0.2, 0) is 19.9 Å². The molecule has 6 aromatic carbocycles. The highest BCUT2D eigenvalue weighted by molar-refractivity contribution is 6.31. The minimum absolute atomic E-state index is 0. The van der Waals surface area contributed by atoms with Crippen molar-refractivity contribution in [2.75, 3.05) is 6.61 Å². The molecule has 0 amide bonds. The van der Waals surface area contributed by atoms with Gasteiger partial charge in [0.25, 0.3) is 0 Å². The van der Waals surface area contributed by atoms with Gasteiger partial charge in [0, 0.05) is 31.2 Å². The first-order valence-electron chi connectivity index (χ1n) is 17.9. The van der Waals surface area contributed by atoms with Crippen LogP contribution in [0.1, 0.15) is 45.9 Å². The minimum atomic E-state index is -1.67. The largest absolute Gasteiger partial charge is 0.478 e. The Kier molecular flexibility index (Phi) is 15.0. The topological polar surface area (TPSA) is 143 Å². The zero-order valence-corrected chi connectivity index (χ0v) is 34.2. The average molecular weight is 903 g/mol. The summed E-state index contributed by atoms with van der Waals surface area (Å²) in [6, 6.07) is 38.0. The van der Waals surface area contributed by atoms with Crippen LogP contribution in [-0.4, -0.2) is 53.6 Å². The maximum absolute atomic E-state index is 12.6. The molecule has 12 nitrogen and oxygen atoms in total. The number of esters is 1. The molecule has 0 spiro atoms. The number of hydrogen-bond donors (Lipinski definition) is 1. The van der Waals surface area contributed by atoms with Crippen molar-refractivity contribution in [2.45, 2.75) is 40.4 Å². The second-order valence-corrected chi connectivity index (χ2v) is 14.7. The van der Waals surface area contributed by atoms with Crippen LogP contribution in [0.3, 0.4) is 0 Å². The number of benzene rings is 6. The van der Waals surface area contributed by atoms with Gasteiger partial charge in [0.15, 0.2) is 0 Å². The third kappa shape index (κ3) is 10.4. The molecule has 314 valence electrons. The Morgan fingerprint density at radius 2 is 1.03 bits per heavy atom. The molecule has 0 saturated carbocycles. The van der Waals surface area contributed by atoms with Crippen molar-refractivity contribution in [3.63, 3.8) is 0 Å². The minimum Gasteiger partial charge on any atom is -0.478 e. The fourth-order valence-electron chi connectivity index (χ4n) is 5.86. The predicted molar refractivity (Wildman–Crippen MR) is 240 cm³/mol. The van der Waals surface area contributed by atoms with Gasteiger partial charge in [0.05, 0.1) is 6.61 Å². The van der Waals surface area contributed by atoms with E-state index in [9.17, 15) is 14.7 Å². The predicted octanol–water partition coefficient (Wildman–Crippen LogP) is 11.8. The molecular formula is C45H40Cl4N6O6. The molecule has 0 aliphatic carbocycles. The van der Waals surface area contributed by atoms with Crippen molar-refractivity contribution in [3.05, 3.63) is 165 Å². The van der Waals surface area contributed by atoms with Gasteiger partial charge in [0.1, 0.15) is 44.9 Å². The molecule has 0 radical (unpaired) electrons. The second-order valence-electron chi connectivity index (χ2n) is 12.9. The number of rotatable bonds is 11. The van der Waals surface area contributed by atoms with E-state index in [-0.39, 0.29) is 27.2 Å². The Bertz CT molecular complexity index is 2710. The summed E-state index contributed by atoms with van der Waals surface area (Å²) >= 11 is 24.3. The highest BCUT2D eigenvalue weighted by Gasteiger charge is 2.39. The number of aromatic nitrogens is 6. The lowest BCUT2D eigenvalue weighted by Crippen LogP contribution is -2.38. The average Bonchev–Trinajstić information content (AvgIpc) is 3.87. The zero-order chi connectivity index (χ0) is 41.7. The van der Waals surface area contributed by atoms with Crippen LogP contribution in [0.5, 0.6) is 11.5 Å². The van der Waals surface area contributed by atoms with Crippen molar-refractivity contribution < 1.29 is 28.9 Å². The van der Waals surface area contributed by atoms with E-state index in [2.05, 4.69) is 20.4 Å². The van der Waals surface area contributed by atoms with Crippen molar-refractivity contribution in [2.24, 2.45) is 0 Å². The van der Waals surface area contributed by atoms with Gasteiger partial charge < -0.3 is 19.3 Å². The van der Waals surface area contributed by atoms with Gasteiger partial charge in [-0.1, -0.05) is 110 Å². The molecule has 16 heteroatoms. The van der Waals surface area contributed by atoms with Gasteiger partial charge in [-0.3, -0.25) is 0 Å². The number of hydrogen-bond acceptors (Lipinski definition) is 9. The summed E-state index contributed by atoms with van der Waals surface area (Å²) in [5, 5.41) is 29.8. The molecule has 61 heavy (non-hydrogen) atoms. The van der Waals surface area contributed by atoms with E-state index < -0.39 is 23.6 Å². The molecule has 0 fully saturated rings. The normalized spacial score (nSPS) is 12.2. The number of aliphatic carboxylic acids is 1. The van der Waals surface area contributed by atoms with Crippen LogP contribution in [0.15, 0.2) is 133 Å². The van der Waals surface area contributed by atoms with Crippen LogP contribution in [0.2, 0.25) is 20.1 Å². The highest BCUT2D eigenvalue weighted by atomic mass is 35.5. The SMILES string of the molecule is C.C.CC(Oc1ccc(Cl)cc1-n1nc2ccccc2n1)(C(=O)O)c1ccc(Cl)cc1.CCOC(=O)C(Oc1ccc(Cl)cc1-n1nc2ccccc2n1)c1ccc(Cl)cc1. The van der Waals surface area contributed by atoms with Crippen molar-refractivity contribution in [3.8, 4) is 22.9 Å². The monoisotopic (exact) mass is 900 g/mol. The van der Waals surface area contributed by atoms with Crippen molar-refractivity contribution >= 4 is 80.4 Å². The number of ether oxygens (including phenoxy) is 3. The molecule has 0 bridgehead atoms. The lowest BCUT2D eigenvalue weighted by Gasteiger charge is -2.28. The van der Waals surface area contributed by atoms with Gasteiger partial charge >= 0.3 is 11.9 Å². The molecule has 1 N–H and O–H groups in total. The number of halogens is 4. The molecule has 2 unspecified atom stereocenters. The van der Waals surface area contributed by atoms with E-state index in [0.29, 0.717) is 59.4 Å². The number of fused-ring (bicyclic) bond motifs is 2. The summed E-state index contributed by atoms with van der Waals surface area (Å²) in [5.41, 5.74) is 3.14. The van der Waals surface area contributed by atoms with E-state index in [1.54, 1.807) is 91.9 Å². The Labute approximate surface area is 372 Å². The van der Waals surface area contributed by atoms with Gasteiger partial charge in [-0.15, -0.1) is 30.0 Å². The Hall–Kier alpha value is -6.18. The molecule has 8 aromatic rings. The van der Waals surface area contributed by atoms with Crippen LogP contribution in [0.25, 0.3) is 33.4 Å². The third-order valence-corrected chi connectivity index (χ3v) is 9.86. The maximum atomic E-state index is 12.6. The smallest absolute Gasteiger partial charge is 0.352 e. The third-order valence-electron chi connectivity index (χ3n) is 8.88. The summed E-state index contributed by atoms with van der Waals surface area (Å²) in [6.07, 6.45) is -0.993. The van der Waals surface area contributed by atoms with Crippen LogP contribution >= 0.6 is 46.4 Å². The first-order valence-corrected chi connectivity index (χ1v) is 19.4. The molecule has 2 heterocycles.